The summed E-state index contributed by atoms with van der Waals surface area (Å²) in [5.74, 6) is -3.30. The first-order valence-corrected chi connectivity index (χ1v) is 44.8. The lowest BCUT2D eigenvalue weighted by Gasteiger charge is -2.23. The average Bonchev–Trinajstić information content (AvgIpc) is 0.792. The van der Waals surface area contributed by atoms with E-state index in [9.17, 15) is 57.5 Å². The van der Waals surface area contributed by atoms with Crippen molar-refractivity contribution in [3.8, 4) is 0 Å². The van der Waals surface area contributed by atoms with Gasteiger partial charge in [0, 0.05) is 41.7 Å². The molecular weight excluding hydrogens is 1590 g/mol. The van der Waals surface area contributed by atoms with Crippen LogP contribution in [-0.4, -0.2) is 102 Å². The van der Waals surface area contributed by atoms with Crippen LogP contribution in [0.15, 0.2) is 188 Å². The zero-order valence-electron chi connectivity index (χ0n) is 80.9. The summed E-state index contributed by atoms with van der Waals surface area (Å²) < 4.78 is 19.5. The van der Waals surface area contributed by atoms with Crippen molar-refractivity contribution >= 4 is 70.0 Å². The van der Waals surface area contributed by atoms with Gasteiger partial charge in [-0.2, -0.15) is 0 Å². The molecule has 127 heavy (non-hydrogen) atoms. The fraction of sp³-hybridized carbons (Fsp3) is 0.455. The molecule has 0 bridgehead atoms. The summed E-state index contributed by atoms with van der Waals surface area (Å²) in [6, 6.07) is 59.5. The van der Waals surface area contributed by atoms with Gasteiger partial charge < -0.3 is 24.1 Å². The highest BCUT2D eigenvalue weighted by molar-refractivity contribution is 6.13. The van der Waals surface area contributed by atoms with Crippen LogP contribution >= 0.6 is 0 Å². The molecule has 0 spiro atoms. The number of hydrogen-bond acceptors (Lipinski definition) is 17. The smallest absolute Gasteiger partial charge is 0.342 e. The summed E-state index contributed by atoms with van der Waals surface area (Å²) in [4.78, 5) is 145. The highest BCUT2D eigenvalue weighted by Crippen LogP contribution is 2.38. The van der Waals surface area contributed by atoms with Gasteiger partial charge in [-0.25, -0.2) is 4.79 Å². The third-order valence-electron chi connectivity index (χ3n) is 22.3. The standard InChI is InChI=1S/C24H22O4.C22H34O2.C21H32O2.C20H30O2.C17H16O2.C6H10O5/c25-23(27-17-20-12-6-2-7-13-20)22(16-19-10-4-1-5-11-19)24(26)28-18-21-14-8-3-9-15-21;1-12(2)17-10-19(14(5)6)20(11-18(17)13(3)4)22(24)16(9)21(23)15(7)8;1-9-20(22)15(8)21(23)19-11-17(13(4)5)16(12(2)3)10-18(19)14(6)7;1-11(2)16-9-18(13(5)6)19(10-17(16)12(3)4)20(22)14(7)15(8)21;1-13(18)16(12-14-8-4-2-5-9-14)17(19)15-10-6-3-7-11-15;1-10-5(4(8)3-7)6(9)11-2/h1-15,22H,16-18H2;10-16H,1-9H3;10-15H,9H2,1-8H3;9-14H,1-8H3;2-11,16H,12H2,1H3;5,7H,3H2,1-2H3. The molecule has 8 aromatic rings. The first kappa shape index (κ1) is 110. The molecule has 0 radical (unpaired) electrons. The van der Waals surface area contributed by atoms with Crippen molar-refractivity contribution in [2.45, 2.75) is 272 Å². The molecule has 17 heteroatoms. The Morgan fingerprint density at radius 2 is 0.591 bits per heavy atom. The van der Waals surface area contributed by atoms with E-state index in [0.29, 0.717) is 53.9 Å². The van der Waals surface area contributed by atoms with Gasteiger partial charge in [-0.15, -0.1) is 0 Å². The molecule has 0 amide bonds. The van der Waals surface area contributed by atoms with Gasteiger partial charge in [-0.3, -0.25) is 52.7 Å². The van der Waals surface area contributed by atoms with E-state index in [-0.39, 0.29) is 89.6 Å². The number of ether oxygens (including phenoxy) is 4. The molecule has 0 saturated heterocycles. The summed E-state index contributed by atoms with van der Waals surface area (Å²) in [6.07, 6.45) is -0.193. The molecule has 5 unspecified atom stereocenters. The molecule has 17 nitrogen and oxygen atoms in total. The van der Waals surface area contributed by atoms with Crippen LogP contribution < -0.4 is 0 Å². The molecule has 8 rings (SSSR count). The van der Waals surface area contributed by atoms with Crippen LogP contribution in [0, 0.1) is 35.5 Å². The maximum Gasteiger partial charge on any atom is 0.342 e. The number of aliphatic hydroxyl groups excluding tert-OH is 1. The molecule has 0 fully saturated rings. The Morgan fingerprint density at radius 1 is 0.307 bits per heavy atom. The van der Waals surface area contributed by atoms with E-state index in [1.165, 1.54) is 54.3 Å². The van der Waals surface area contributed by atoms with Gasteiger partial charge in [0.05, 0.1) is 30.8 Å². The largest absolute Gasteiger partial charge is 0.467 e. The molecule has 8 aromatic carbocycles. The fourth-order valence-electron chi connectivity index (χ4n) is 14.4. The number of carbonyl (C=O) groups excluding carboxylic acids is 12. The van der Waals surface area contributed by atoms with E-state index in [1.807, 2.05) is 166 Å². The van der Waals surface area contributed by atoms with Crippen molar-refractivity contribution in [2.24, 2.45) is 35.5 Å². The van der Waals surface area contributed by atoms with Crippen LogP contribution in [0.5, 0.6) is 0 Å². The van der Waals surface area contributed by atoms with Crippen LogP contribution in [0.1, 0.15) is 353 Å². The van der Waals surface area contributed by atoms with E-state index in [0.717, 1.165) is 62.7 Å². The van der Waals surface area contributed by atoms with Gasteiger partial charge in [-0.05, 0) is 191 Å². The Labute approximate surface area is 758 Å². The Hall–Kier alpha value is -10.9. The quantitative estimate of drug-likeness (QED) is 0.0164. The Balaban J connectivity index is 0.000000399. The van der Waals surface area contributed by atoms with Crippen LogP contribution in [-0.2, 0) is 83.4 Å². The van der Waals surface area contributed by atoms with E-state index in [4.69, 9.17) is 14.6 Å². The third-order valence-corrected chi connectivity index (χ3v) is 22.3. The van der Waals surface area contributed by atoms with Crippen molar-refractivity contribution in [1.82, 2.24) is 0 Å². The number of rotatable bonds is 37. The van der Waals surface area contributed by atoms with E-state index < -0.39 is 66.0 Å². The zero-order chi connectivity index (χ0) is 96.0. The summed E-state index contributed by atoms with van der Waals surface area (Å²) in [6.45, 7) is 51.9. The van der Waals surface area contributed by atoms with Gasteiger partial charge in [0.2, 0.25) is 6.10 Å². The topological polar surface area (TPSA) is 262 Å². The lowest BCUT2D eigenvalue weighted by Crippen LogP contribution is -2.34. The maximum atomic E-state index is 13.1. The first-order valence-electron chi connectivity index (χ1n) is 44.8. The minimum atomic E-state index is -1.30. The summed E-state index contributed by atoms with van der Waals surface area (Å²) in [5.41, 5.74) is 17.2. The fourth-order valence-corrected chi connectivity index (χ4v) is 14.4. The SMILES string of the molecule is CC(=O)C(C)C(=O)c1cc(C(C)C)c(C(C)C)cc1C(C)C.CC(=O)C(Cc1ccccc1)C(=O)c1ccccc1.CC(C)C(=O)C(C)C(=O)c1cc(C(C)C)c(C(C)C)cc1C(C)C.CCC(=O)C(C)C(=O)c1cc(C(C)C)c(C(C)C)cc1C(C)C.COC(=O)C(OC)C(=O)CO.O=C(OCc1ccccc1)C(Cc1ccccc1)C(=O)OCc1ccccc1. The van der Waals surface area contributed by atoms with Crippen LogP contribution in [0.2, 0.25) is 0 Å². The highest BCUT2D eigenvalue weighted by Gasteiger charge is 2.34. The van der Waals surface area contributed by atoms with Gasteiger partial charge in [0.15, 0.2) is 34.8 Å². The number of esters is 3. The normalized spacial score (nSPS) is 12.3. The minimum absolute atomic E-state index is 0.0174. The summed E-state index contributed by atoms with van der Waals surface area (Å²) in [5, 5.41) is 8.34. The second-order valence-electron chi connectivity index (χ2n) is 35.6. The molecule has 686 valence electrons. The van der Waals surface area contributed by atoms with Gasteiger partial charge >= 0.3 is 17.9 Å². The Bertz CT molecular complexity index is 4800. The number of carbonyl (C=O) groups is 12. The number of methoxy groups -OCH3 is 2. The number of aliphatic hydroxyl groups is 1. The summed E-state index contributed by atoms with van der Waals surface area (Å²) >= 11 is 0. The molecule has 0 heterocycles. The molecule has 0 aromatic heterocycles. The van der Waals surface area contributed by atoms with Crippen molar-refractivity contribution in [3.05, 3.63) is 283 Å². The molecule has 0 saturated carbocycles. The van der Waals surface area contributed by atoms with Crippen LogP contribution in [0.4, 0.5) is 0 Å². The van der Waals surface area contributed by atoms with Crippen molar-refractivity contribution in [3.63, 3.8) is 0 Å². The lowest BCUT2D eigenvalue weighted by molar-refractivity contribution is -0.164. The van der Waals surface area contributed by atoms with Gasteiger partial charge in [-0.1, -0.05) is 315 Å². The van der Waals surface area contributed by atoms with E-state index >= 15 is 0 Å². The van der Waals surface area contributed by atoms with Crippen LogP contribution in [0.3, 0.4) is 0 Å². The average molecular weight is 1740 g/mol. The van der Waals surface area contributed by atoms with Crippen molar-refractivity contribution < 1.29 is 81.6 Å². The van der Waals surface area contributed by atoms with Crippen molar-refractivity contribution in [1.29, 1.82) is 0 Å². The number of Topliss-reactive ketones (excluding diaryl/α,β-unsaturated/α-hetero) is 9. The summed E-state index contributed by atoms with van der Waals surface area (Å²) in [7, 11) is 2.33. The lowest BCUT2D eigenvalue weighted by atomic mass is 9.80. The minimum Gasteiger partial charge on any atom is -0.467 e. The third kappa shape index (κ3) is 34.3. The van der Waals surface area contributed by atoms with Crippen LogP contribution in [0.25, 0.3) is 0 Å². The maximum absolute atomic E-state index is 13.1. The Morgan fingerprint density at radius 3 is 0.858 bits per heavy atom. The first-order chi connectivity index (χ1) is 59.7. The molecule has 0 aliphatic carbocycles. The van der Waals surface area contributed by atoms with Gasteiger partial charge in [0.1, 0.15) is 43.0 Å². The Kier molecular flexibility index (Phi) is 47.8. The molecular formula is C110H144O17. The highest BCUT2D eigenvalue weighted by atomic mass is 16.6. The number of hydrogen-bond donors (Lipinski definition) is 1. The predicted octanol–water partition coefficient (Wildman–Crippen LogP) is 23.8. The molecule has 1 N–H and O–H groups in total. The predicted molar refractivity (Wildman–Crippen MR) is 509 cm³/mol. The molecule has 0 aliphatic rings. The second-order valence-corrected chi connectivity index (χ2v) is 35.6. The monoisotopic (exact) mass is 1740 g/mol. The van der Waals surface area contributed by atoms with Gasteiger partial charge in [0.25, 0.3) is 0 Å². The molecule has 0 aliphatic heterocycles. The van der Waals surface area contributed by atoms with E-state index in [2.05, 4.69) is 164 Å². The van der Waals surface area contributed by atoms with E-state index in [1.54, 1.807) is 32.9 Å². The zero-order valence-corrected chi connectivity index (χ0v) is 80.9. The number of ketones is 9. The molecule has 5 atom stereocenters. The van der Waals surface area contributed by atoms with Crippen molar-refractivity contribution in [2.75, 3.05) is 20.8 Å². The number of benzene rings is 8. The second kappa shape index (κ2) is 55.0.